The molecule has 5 nitrogen and oxygen atoms in total. The van der Waals surface area contributed by atoms with E-state index in [-0.39, 0.29) is 18.0 Å². The largest absolute Gasteiger partial charge is 0.375 e. The van der Waals surface area contributed by atoms with Crippen molar-refractivity contribution in [1.29, 1.82) is 0 Å². The number of nitrogens with two attached hydrogens (primary N) is 2. The Kier molecular flexibility index (Phi) is 2.91. The molecule has 0 aliphatic heterocycles. The molecular weight excluding hydrogens is 260 g/mol. The summed E-state index contributed by atoms with van der Waals surface area (Å²) in [6, 6.07) is 3.89. The first kappa shape index (κ1) is 12.4. The van der Waals surface area contributed by atoms with E-state index in [0.717, 1.165) is 28.6 Å². The predicted molar refractivity (Wildman–Crippen MR) is 77.2 cm³/mol. The van der Waals surface area contributed by atoms with Crippen molar-refractivity contribution in [2.24, 2.45) is 5.73 Å². The first-order valence-corrected chi connectivity index (χ1v) is 7.09. The molecule has 0 saturated heterocycles. The summed E-state index contributed by atoms with van der Waals surface area (Å²) in [7, 11) is 0. The lowest BCUT2D eigenvalue weighted by Crippen LogP contribution is -2.54. The molecule has 100 valence electrons. The van der Waals surface area contributed by atoms with Gasteiger partial charge in [-0.15, -0.1) is 0 Å². The smallest absolute Gasteiger partial charge is 0.251 e. The Morgan fingerprint density at radius 3 is 2.89 bits per heavy atom. The van der Waals surface area contributed by atoms with Crippen LogP contribution in [-0.2, 0) is 0 Å². The standard InChI is InChI=1S/C13H16N4OS/c1-6-4-7(5-10-11(6)17-13(15)19-10)12(18)16-9-3-2-8(9)14/h4-5,8-9H,2-3,14H2,1H3,(H2,15,17)(H,16,18)/t8-,9+/m1/s1. The fraction of sp³-hybridized carbons (Fsp3) is 0.385. The van der Waals surface area contributed by atoms with Gasteiger partial charge < -0.3 is 16.8 Å². The number of anilines is 1. The van der Waals surface area contributed by atoms with Crippen molar-refractivity contribution in [3.63, 3.8) is 0 Å². The molecule has 0 bridgehead atoms. The number of aromatic nitrogens is 1. The van der Waals surface area contributed by atoms with Gasteiger partial charge >= 0.3 is 0 Å². The van der Waals surface area contributed by atoms with Crippen LogP contribution in [0.2, 0.25) is 0 Å². The number of nitrogens with zero attached hydrogens (tertiary/aromatic N) is 1. The molecule has 1 aromatic heterocycles. The van der Waals surface area contributed by atoms with Gasteiger partial charge in [0.1, 0.15) is 0 Å². The maximum Gasteiger partial charge on any atom is 0.251 e. The van der Waals surface area contributed by atoms with E-state index in [1.54, 1.807) is 0 Å². The quantitative estimate of drug-likeness (QED) is 0.773. The molecule has 5 N–H and O–H groups in total. The van der Waals surface area contributed by atoms with Gasteiger partial charge in [0.15, 0.2) is 5.13 Å². The van der Waals surface area contributed by atoms with E-state index in [4.69, 9.17) is 11.5 Å². The van der Waals surface area contributed by atoms with Crippen LogP contribution >= 0.6 is 11.3 Å². The van der Waals surface area contributed by atoms with Gasteiger partial charge in [-0.3, -0.25) is 4.79 Å². The molecule has 1 aliphatic carbocycles. The third kappa shape index (κ3) is 2.17. The molecule has 2 aromatic rings. The molecule has 1 amide bonds. The van der Waals surface area contributed by atoms with Crippen LogP contribution < -0.4 is 16.8 Å². The van der Waals surface area contributed by atoms with Gasteiger partial charge in [0.25, 0.3) is 5.91 Å². The summed E-state index contributed by atoms with van der Waals surface area (Å²) in [5.41, 5.74) is 14.0. The van der Waals surface area contributed by atoms with E-state index in [1.165, 1.54) is 11.3 Å². The molecular formula is C13H16N4OS. The van der Waals surface area contributed by atoms with Crippen LogP contribution in [0.4, 0.5) is 5.13 Å². The fourth-order valence-electron chi connectivity index (χ4n) is 2.30. The highest BCUT2D eigenvalue weighted by atomic mass is 32.1. The lowest BCUT2D eigenvalue weighted by molar-refractivity contribution is 0.0906. The van der Waals surface area contributed by atoms with Crippen molar-refractivity contribution in [2.75, 3.05) is 5.73 Å². The van der Waals surface area contributed by atoms with Gasteiger partial charge in [0, 0.05) is 17.6 Å². The van der Waals surface area contributed by atoms with Gasteiger partial charge in [-0.1, -0.05) is 11.3 Å². The van der Waals surface area contributed by atoms with E-state index >= 15 is 0 Å². The summed E-state index contributed by atoms with van der Waals surface area (Å²) >= 11 is 1.40. The maximum absolute atomic E-state index is 12.2. The Morgan fingerprint density at radius 1 is 1.47 bits per heavy atom. The summed E-state index contributed by atoms with van der Waals surface area (Å²) in [6.07, 6.45) is 1.94. The highest BCUT2D eigenvalue weighted by Gasteiger charge is 2.29. The van der Waals surface area contributed by atoms with E-state index in [1.807, 2.05) is 19.1 Å². The minimum absolute atomic E-state index is 0.0721. The molecule has 19 heavy (non-hydrogen) atoms. The summed E-state index contributed by atoms with van der Waals surface area (Å²) < 4.78 is 0.945. The highest BCUT2D eigenvalue weighted by molar-refractivity contribution is 7.22. The van der Waals surface area contributed by atoms with Crippen molar-refractivity contribution in [1.82, 2.24) is 10.3 Å². The highest BCUT2D eigenvalue weighted by Crippen LogP contribution is 2.28. The van der Waals surface area contributed by atoms with E-state index in [9.17, 15) is 4.79 Å². The van der Waals surface area contributed by atoms with Crippen LogP contribution in [0.15, 0.2) is 12.1 Å². The van der Waals surface area contributed by atoms with Gasteiger partial charge in [-0.2, -0.15) is 0 Å². The lowest BCUT2D eigenvalue weighted by Gasteiger charge is -2.34. The van der Waals surface area contributed by atoms with Crippen molar-refractivity contribution < 1.29 is 4.79 Å². The van der Waals surface area contributed by atoms with Crippen LogP contribution in [0, 0.1) is 6.92 Å². The summed E-state index contributed by atoms with van der Waals surface area (Å²) in [5, 5.41) is 3.49. The molecule has 1 aromatic carbocycles. The van der Waals surface area contributed by atoms with Crippen molar-refractivity contribution in [2.45, 2.75) is 31.8 Å². The number of nitrogens with one attached hydrogen (secondary N) is 1. The first-order valence-electron chi connectivity index (χ1n) is 6.27. The summed E-state index contributed by atoms with van der Waals surface area (Å²) in [5.74, 6) is -0.0721. The zero-order valence-corrected chi connectivity index (χ0v) is 11.5. The number of carbonyl (C=O) groups excluding carboxylic acids is 1. The molecule has 2 atom stereocenters. The Labute approximate surface area is 115 Å². The number of benzene rings is 1. The van der Waals surface area contributed by atoms with Gasteiger partial charge in [-0.05, 0) is 37.5 Å². The molecule has 1 saturated carbocycles. The second-order valence-corrected chi connectivity index (χ2v) is 6.08. The molecule has 1 aliphatic rings. The van der Waals surface area contributed by atoms with Crippen LogP contribution in [0.1, 0.15) is 28.8 Å². The van der Waals surface area contributed by atoms with Crippen molar-refractivity contribution in [3.8, 4) is 0 Å². The number of rotatable bonds is 2. The zero-order valence-electron chi connectivity index (χ0n) is 10.6. The van der Waals surface area contributed by atoms with Gasteiger partial charge in [0.2, 0.25) is 0 Å². The number of nitrogen functional groups attached to an aromatic ring is 1. The molecule has 0 unspecified atom stereocenters. The van der Waals surface area contributed by atoms with Crippen LogP contribution in [0.3, 0.4) is 0 Å². The van der Waals surface area contributed by atoms with Crippen molar-refractivity contribution in [3.05, 3.63) is 23.3 Å². The van der Waals surface area contributed by atoms with Gasteiger partial charge in [-0.25, -0.2) is 4.98 Å². The Balaban J connectivity index is 1.89. The fourth-order valence-corrected chi connectivity index (χ4v) is 3.15. The SMILES string of the molecule is Cc1cc(C(=O)N[C@H]2CC[C@H]2N)cc2sc(N)nc12. The minimum atomic E-state index is -0.0721. The molecule has 1 heterocycles. The zero-order chi connectivity index (χ0) is 13.6. The number of carbonyl (C=O) groups is 1. The third-order valence-corrected chi connectivity index (χ3v) is 4.44. The Hall–Kier alpha value is -1.66. The number of thiazole rings is 1. The Bertz CT molecular complexity index is 651. The Morgan fingerprint density at radius 2 is 2.26 bits per heavy atom. The summed E-state index contributed by atoms with van der Waals surface area (Å²) in [4.78, 5) is 16.4. The van der Waals surface area contributed by atoms with E-state index in [2.05, 4.69) is 10.3 Å². The minimum Gasteiger partial charge on any atom is -0.375 e. The molecule has 6 heteroatoms. The number of fused-ring (bicyclic) bond motifs is 1. The number of amides is 1. The van der Waals surface area contributed by atoms with Crippen molar-refractivity contribution >= 4 is 32.6 Å². The second-order valence-electron chi connectivity index (χ2n) is 5.01. The normalized spacial score (nSPS) is 22.2. The van der Waals surface area contributed by atoms with Gasteiger partial charge in [0.05, 0.1) is 10.2 Å². The third-order valence-electron chi connectivity index (χ3n) is 3.61. The van der Waals surface area contributed by atoms with E-state index in [0.29, 0.717) is 10.7 Å². The number of hydrogen-bond acceptors (Lipinski definition) is 5. The van der Waals surface area contributed by atoms with Crippen LogP contribution in [-0.4, -0.2) is 23.0 Å². The van der Waals surface area contributed by atoms with E-state index < -0.39 is 0 Å². The second kappa shape index (κ2) is 4.47. The molecule has 0 spiro atoms. The number of aryl methyl sites for hydroxylation is 1. The average molecular weight is 276 g/mol. The predicted octanol–water partition coefficient (Wildman–Crippen LogP) is 1.41. The topological polar surface area (TPSA) is 94.0 Å². The number of hydrogen-bond donors (Lipinski definition) is 3. The maximum atomic E-state index is 12.2. The first-order chi connectivity index (χ1) is 9.04. The average Bonchev–Trinajstić information content (AvgIpc) is 2.75. The molecule has 0 radical (unpaired) electrons. The lowest BCUT2D eigenvalue weighted by atomic mass is 9.87. The monoisotopic (exact) mass is 276 g/mol. The van der Waals surface area contributed by atoms with Crippen LogP contribution in [0.5, 0.6) is 0 Å². The summed E-state index contributed by atoms with van der Waals surface area (Å²) in [6.45, 7) is 1.94. The molecule has 3 rings (SSSR count). The van der Waals surface area contributed by atoms with Crippen LogP contribution in [0.25, 0.3) is 10.2 Å². The molecule has 1 fully saturated rings.